The molecule has 2 rings (SSSR count). The second-order valence-electron chi connectivity index (χ2n) is 4.98. The van der Waals surface area contributed by atoms with Gasteiger partial charge in [0.05, 0.1) is 6.61 Å². The molecule has 1 atom stereocenters. The highest BCUT2D eigenvalue weighted by Gasteiger charge is 2.51. The molecular weight excluding hydrogens is 192 g/mol. The van der Waals surface area contributed by atoms with Gasteiger partial charge in [-0.15, -0.1) is 0 Å². The Balaban J connectivity index is 1.46. The first-order valence-corrected chi connectivity index (χ1v) is 6.10. The Morgan fingerprint density at radius 1 is 1.27 bits per heavy atom. The van der Waals surface area contributed by atoms with Gasteiger partial charge in [0.2, 0.25) is 0 Å². The van der Waals surface area contributed by atoms with E-state index in [1.54, 1.807) is 0 Å². The predicted molar refractivity (Wildman–Crippen MR) is 56.7 cm³/mol. The summed E-state index contributed by atoms with van der Waals surface area (Å²) in [7, 11) is 0. The Morgan fingerprint density at radius 2 is 1.93 bits per heavy atom. The maximum absolute atomic E-state index is 10.8. The molecule has 1 heterocycles. The van der Waals surface area contributed by atoms with Crippen LogP contribution in [0.1, 0.15) is 51.4 Å². The normalized spacial score (nSPS) is 29.1. The fourth-order valence-electron chi connectivity index (χ4n) is 2.07. The molecule has 1 saturated carbocycles. The van der Waals surface area contributed by atoms with Crippen LogP contribution in [0.4, 0.5) is 0 Å². The number of epoxide rings is 1. The van der Waals surface area contributed by atoms with Crippen LogP contribution in [0.15, 0.2) is 0 Å². The molecule has 2 aliphatic rings. The molecule has 1 aliphatic carbocycles. The second kappa shape index (κ2) is 4.52. The summed E-state index contributed by atoms with van der Waals surface area (Å²) < 4.78 is 5.01. The van der Waals surface area contributed by atoms with Crippen molar-refractivity contribution in [1.29, 1.82) is 0 Å². The first-order chi connectivity index (χ1) is 7.23. The van der Waals surface area contributed by atoms with Crippen LogP contribution in [0, 0.1) is 5.92 Å². The number of hydrogen-bond donors (Lipinski definition) is 1. The number of ether oxygens (including phenoxy) is 1. The smallest absolute Gasteiger partial charge is 0.338 e. The molecule has 1 saturated heterocycles. The molecule has 0 aromatic carbocycles. The molecule has 1 unspecified atom stereocenters. The van der Waals surface area contributed by atoms with Gasteiger partial charge < -0.3 is 9.84 Å². The van der Waals surface area contributed by atoms with Gasteiger partial charge in [-0.1, -0.05) is 38.5 Å². The topological polar surface area (TPSA) is 49.8 Å². The number of carboxylic acid groups (broad SMARTS) is 1. The molecule has 0 aromatic heterocycles. The molecule has 86 valence electrons. The van der Waals surface area contributed by atoms with E-state index in [9.17, 15) is 4.79 Å². The largest absolute Gasteiger partial charge is 0.479 e. The van der Waals surface area contributed by atoms with E-state index < -0.39 is 11.6 Å². The van der Waals surface area contributed by atoms with Crippen molar-refractivity contribution in [3.05, 3.63) is 0 Å². The monoisotopic (exact) mass is 212 g/mol. The molecule has 1 aliphatic heterocycles. The van der Waals surface area contributed by atoms with Crippen molar-refractivity contribution in [2.45, 2.75) is 57.0 Å². The van der Waals surface area contributed by atoms with E-state index in [1.165, 1.54) is 32.1 Å². The van der Waals surface area contributed by atoms with Crippen LogP contribution < -0.4 is 0 Å². The van der Waals surface area contributed by atoms with Crippen molar-refractivity contribution in [3.8, 4) is 0 Å². The van der Waals surface area contributed by atoms with Crippen LogP contribution in [0.2, 0.25) is 0 Å². The lowest BCUT2D eigenvalue weighted by Crippen LogP contribution is -2.23. The van der Waals surface area contributed by atoms with E-state index in [2.05, 4.69) is 0 Å². The second-order valence-corrected chi connectivity index (χ2v) is 4.98. The number of unbranched alkanes of at least 4 members (excludes halogenated alkanes) is 3. The number of carboxylic acids is 1. The third-order valence-electron chi connectivity index (χ3n) is 3.52. The van der Waals surface area contributed by atoms with Gasteiger partial charge >= 0.3 is 5.97 Å². The van der Waals surface area contributed by atoms with Gasteiger partial charge in [0, 0.05) is 0 Å². The van der Waals surface area contributed by atoms with Crippen molar-refractivity contribution in [1.82, 2.24) is 0 Å². The van der Waals surface area contributed by atoms with Crippen molar-refractivity contribution < 1.29 is 14.6 Å². The first-order valence-electron chi connectivity index (χ1n) is 6.10. The highest BCUT2D eigenvalue weighted by Crippen LogP contribution is 2.35. The van der Waals surface area contributed by atoms with Crippen molar-refractivity contribution in [3.63, 3.8) is 0 Å². The molecule has 3 heteroatoms. The van der Waals surface area contributed by atoms with Gasteiger partial charge in [-0.3, -0.25) is 0 Å². The van der Waals surface area contributed by atoms with Crippen LogP contribution in [0.5, 0.6) is 0 Å². The van der Waals surface area contributed by atoms with Crippen LogP contribution in [0.3, 0.4) is 0 Å². The molecule has 1 N–H and O–H groups in total. The summed E-state index contributed by atoms with van der Waals surface area (Å²) in [6.45, 7) is 0.421. The lowest BCUT2D eigenvalue weighted by Gasteiger charge is -2.05. The Hall–Kier alpha value is -0.570. The molecule has 3 nitrogen and oxygen atoms in total. The summed E-state index contributed by atoms with van der Waals surface area (Å²) in [6, 6.07) is 0. The molecule has 0 aromatic rings. The maximum atomic E-state index is 10.8. The van der Waals surface area contributed by atoms with E-state index in [-0.39, 0.29) is 0 Å². The van der Waals surface area contributed by atoms with Gasteiger partial charge in [0.25, 0.3) is 0 Å². The number of hydrogen-bond acceptors (Lipinski definition) is 2. The van der Waals surface area contributed by atoms with Crippen molar-refractivity contribution >= 4 is 5.97 Å². The average molecular weight is 212 g/mol. The zero-order valence-corrected chi connectivity index (χ0v) is 9.21. The Bertz CT molecular complexity index is 229. The van der Waals surface area contributed by atoms with Gasteiger partial charge in [0.1, 0.15) is 0 Å². The summed E-state index contributed by atoms with van der Waals surface area (Å²) >= 11 is 0. The highest BCUT2D eigenvalue weighted by molar-refractivity contribution is 5.80. The average Bonchev–Trinajstić information content (AvgIpc) is 3.05. The van der Waals surface area contributed by atoms with Gasteiger partial charge in [-0.05, 0) is 18.8 Å². The van der Waals surface area contributed by atoms with E-state index >= 15 is 0 Å². The van der Waals surface area contributed by atoms with Gasteiger partial charge in [0.15, 0.2) is 5.60 Å². The van der Waals surface area contributed by atoms with E-state index in [0.29, 0.717) is 13.0 Å². The SMILES string of the molecule is O=C(O)C1(CCCCCCC2CC2)CO1. The molecule has 0 radical (unpaired) electrons. The Labute approximate surface area is 90.8 Å². The van der Waals surface area contributed by atoms with Crippen LogP contribution in [0.25, 0.3) is 0 Å². The third-order valence-corrected chi connectivity index (χ3v) is 3.52. The van der Waals surface area contributed by atoms with E-state index in [1.807, 2.05) is 0 Å². The minimum absolute atomic E-state index is 0.421. The standard InChI is InChI=1S/C12H20O3/c13-11(14)12(9-15-12)8-4-2-1-3-5-10-6-7-10/h10H,1-9H2,(H,13,14). The minimum Gasteiger partial charge on any atom is -0.479 e. The quantitative estimate of drug-likeness (QED) is 0.497. The molecular formula is C12H20O3. The molecule has 0 spiro atoms. The fraction of sp³-hybridized carbons (Fsp3) is 0.917. The fourth-order valence-corrected chi connectivity index (χ4v) is 2.07. The molecule has 0 amide bonds. The summed E-state index contributed by atoms with van der Waals surface area (Å²) in [5.41, 5.74) is -0.781. The zero-order chi connectivity index (χ0) is 10.7. The summed E-state index contributed by atoms with van der Waals surface area (Å²) in [5, 5.41) is 8.86. The van der Waals surface area contributed by atoms with E-state index in [0.717, 1.165) is 18.8 Å². The number of carbonyl (C=O) groups is 1. The van der Waals surface area contributed by atoms with Crippen molar-refractivity contribution in [2.24, 2.45) is 5.92 Å². The molecule has 15 heavy (non-hydrogen) atoms. The number of aliphatic carboxylic acids is 1. The van der Waals surface area contributed by atoms with Gasteiger partial charge in [-0.2, -0.15) is 0 Å². The maximum Gasteiger partial charge on any atom is 0.338 e. The minimum atomic E-state index is -0.781. The predicted octanol–water partition coefficient (Wildman–Crippen LogP) is 2.59. The van der Waals surface area contributed by atoms with Crippen LogP contribution >= 0.6 is 0 Å². The van der Waals surface area contributed by atoms with Crippen molar-refractivity contribution in [2.75, 3.05) is 6.61 Å². The summed E-state index contributed by atoms with van der Waals surface area (Å²) in [4.78, 5) is 10.8. The molecule has 2 fully saturated rings. The Kier molecular flexibility index (Phi) is 3.29. The highest BCUT2D eigenvalue weighted by atomic mass is 16.6. The van der Waals surface area contributed by atoms with Crippen LogP contribution in [-0.2, 0) is 9.53 Å². The summed E-state index contributed by atoms with van der Waals surface area (Å²) in [5.74, 6) is 0.252. The summed E-state index contributed by atoms with van der Waals surface area (Å²) in [6.07, 6.45) is 9.71. The van der Waals surface area contributed by atoms with Gasteiger partial charge in [-0.25, -0.2) is 4.79 Å². The zero-order valence-electron chi connectivity index (χ0n) is 9.21. The Morgan fingerprint density at radius 3 is 2.47 bits per heavy atom. The number of rotatable bonds is 8. The lowest BCUT2D eigenvalue weighted by atomic mass is 10.0. The van der Waals surface area contributed by atoms with Crippen LogP contribution in [-0.4, -0.2) is 23.3 Å². The lowest BCUT2D eigenvalue weighted by molar-refractivity contribution is -0.143. The first kappa shape index (κ1) is 10.9. The third kappa shape index (κ3) is 3.20. The van der Waals surface area contributed by atoms with E-state index in [4.69, 9.17) is 9.84 Å². The molecule has 0 bridgehead atoms.